The molecule has 1 aromatic carbocycles. The predicted octanol–water partition coefficient (Wildman–Crippen LogP) is 4.12. The van der Waals surface area contributed by atoms with E-state index in [0.29, 0.717) is 23.9 Å². The van der Waals surface area contributed by atoms with Crippen LogP contribution in [0.25, 0.3) is 0 Å². The molecule has 0 saturated carbocycles. The molecule has 1 heterocycles. The number of rotatable bonds is 4. The molecule has 0 atom stereocenters. The second-order valence-corrected chi connectivity index (χ2v) is 5.85. The normalized spacial score (nSPS) is 10.7. The molecule has 108 valence electrons. The molecule has 0 spiro atoms. The number of methoxy groups -OCH3 is 1. The topological polar surface area (TPSA) is 62.3 Å². The first-order valence-corrected chi connectivity index (χ1v) is 7.60. The summed E-state index contributed by atoms with van der Waals surface area (Å²) in [5, 5.41) is 4.33. The van der Waals surface area contributed by atoms with Gasteiger partial charge < -0.3 is 15.2 Å². The fraction of sp³-hybridized carbons (Fsp3) is 0.308. The van der Waals surface area contributed by atoms with Crippen molar-refractivity contribution in [2.24, 2.45) is 0 Å². The van der Waals surface area contributed by atoms with Crippen molar-refractivity contribution < 1.29 is 9.47 Å². The number of ether oxygens (including phenoxy) is 2. The maximum absolute atomic E-state index is 6.01. The van der Waals surface area contributed by atoms with Crippen molar-refractivity contribution in [3.63, 3.8) is 0 Å². The largest absolute Gasteiger partial charge is 0.496 e. The van der Waals surface area contributed by atoms with Crippen molar-refractivity contribution in [1.29, 1.82) is 0 Å². The lowest BCUT2D eigenvalue weighted by Crippen LogP contribution is -2.01. The maximum Gasteiger partial charge on any atom is 0.241 e. The Bertz CT molecular complexity index is 641. The van der Waals surface area contributed by atoms with Gasteiger partial charge in [0.15, 0.2) is 0 Å². The molecular weight excluding hydrogens is 390 g/mol. The van der Waals surface area contributed by atoms with Gasteiger partial charge in [0.2, 0.25) is 5.88 Å². The lowest BCUT2D eigenvalue weighted by Gasteiger charge is -2.12. The van der Waals surface area contributed by atoms with E-state index in [0.717, 1.165) is 20.4 Å². The van der Waals surface area contributed by atoms with Crippen LogP contribution in [0.5, 0.6) is 17.4 Å². The monoisotopic (exact) mass is 403 g/mol. The highest BCUT2D eigenvalue weighted by Crippen LogP contribution is 2.39. The van der Waals surface area contributed by atoms with E-state index in [1.54, 1.807) is 11.8 Å². The van der Waals surface area contributed by atoms with Crippen molar-refractivity contribution in [2.75, 3.05) is 12.8 Å². The number of benzene rings is 1. The van der Waals surface area contributed by atoms with Gasteiger partial charge in [0.05, 0.1) is 21.7 Å². The first-order chi connectivity index (χ1) is 9.47. The van der Waals surface area contributed by atoms with Crippen molar-refractivity contribution in [2.45, 2.75) is 20.4 Å². The average molecular weight is 405 g/mol. The zero-order chi connectivity index (χ0) is 14.9. The number of anilines is 1. The van der Waals surface area contributed by atoms with Crippen LogP contribution in [0.2, 0.25) is 0 Å². The summed E-state index contributed by atoms with van der Waals surface area (Å²) >= 11 is 6.90. The van der Waals surface area contributed by atoms with E-state index >= 15 is 0 Å². The Morgan fingerprint density at radius 1 is 1.25 bits per heavy atom. The van der Waals surface area contributed by atoms with Crippen LogP contribution in [-0.4, -0.2) is 16.9 Å². The third-order valence-corrected chi connectivity index (χ3v) is 4.08. The van der Waals surface area contributed by atoms with Gasteiger partial charge in [0.25, 0.3) is 0 Å². The number of halogens is 2. The fourth-order valence-electron chi connectivity index (χ4n) is 1.75. The third-order valence-electron chi connectivity index (χ3n) is 2.84. The van der Waals surface area contributed by atoms with Gasteiger partial charge in [-0.3, -0.25) is 0 Å². The number of nitrogens with zero attached hydrogens (tertiary/aromatic N) is 2. The van der Waals surface area contributed by atoms with E-state index in [4.69, 9.17) is 15.2 Å². The van der Waals surface area contributed by atoms with E-state index in [2.05, 4.69) is 37.0 Å². The van der Waals surface area contributed by atoms with Crippen molar-refractivity contribution in [3.05, 3.63) is 26.8 Å². The van der Waals surface area contributed by atoms with E-state index in [1.807, 2.05) is 26.0 Å². The molecule has 0 amide bonds. The predicted molar refractivity (Wildman–Crippen MR) is 85.5 cm³/mol. The van der Waals surface area contributed by atoms with E-state index in [9.17, 15) is 0 Å². The molecule has 0 bridgehead atoms. The summed E-state index contributed by atoms with van der Waals surface area (Å²) in [5.41, 5.74) is 7.31. The van der Waals surface area contributed by atoms with E-state index < -0.39 is 0 Å². The Morgan fingerprint density at radius 3 is 2.45 bits per heavy atom. The van der Waals surface area contributed by atoms with Crippen LogP contribution in [0.15, 0.2) is 21.1 Å². The molecule has 0 fully saturated rings. The molecule has 2 rings (SSSR count). The molecule has 0 saturated heterocycles. The van der Waals surface area contributed by atoms with Gasteiger partial charge in [0.1, 0.15) is 17.2 Å². The Kier molecular flexibility index (Phi) is 4.59. The van der Waals surface area contributed by atoms with Crippen LogP contribution < -0.4 is 15.2 Å². The lowest BCUT2D eigenvalue weighted by atomic mass is 10.3. The van der Waals surface area contributed by atoms with E-state index in [-0.39, 0.29) is 0 Å². The average Bonchev–Trinajstić information content (AvgIpc) is 2.70. The molecule has 2 N–H and O–H groups in total. The van der Waals surface area contributed by atoms with Crippen LogP contribution in [0.4, 0.5) is 5.69 Å². The van der Waals surface area contributed by atoms with Crippen LogP contribution in [-0.2, 0) is 6.54 Å². The third kappa shape index (κ3) is 2.78. The van der Waals surface area contributed by atoms with Crippen LogP contribution in [0.3, 0.4) is 0 Å². The lowest BCUT2D eigenvalue weighted by molar-refractivity contribution is 0.402. The van der Waals surface area contributed by atoms with Crippen molar-refractivity contribution in [3.8, 4) is 17.4 Å². The summed E-state index contributed by atoms with van der Waals surface area (Å²) in [6.45, 7) is 4.52. The smallest absolute Gasteiger partial charge is 0.241 e. The summed E-state index contributed by atoms with van der Waals surface area (Å²) in [6.07, 6.45) is 0. The second kappa shape index (κ2) is 6.05. The first-order valence-electron chi connectivity index (χ1n) is 6.01. The molecule has 20 heavy (non-hydrogen) atoms. The molecule has 0 unspecified atom stereocenters. The minimum atomic E-state index is 0.544. The Hall–Kier alpha value is -1.21. The minimum Gasteiger partial charge on any atom is -0.496 e. The quantitative estimate of drug-likeness (QED) is 0.832. The Balaban J connectivity index is 2.42. The fourth-order valence-corrected chi connectivity index (χ4v) is 2.63. The standard InChI is InChI=1S/C13H15Br2N3O2/c1-4-18-13(12(16)7(2)17-18)20-11-6-8(14)10(19-3)5-9(11)15/h5-6H,4,16H2,1-3H3. The van der Waals surface area contributed by atoms with Gasteiger partial charge in [-0.05, 0) is 57.8 Å². The molecule has 1 aromatic heterocycles. The summed E-state index contributed by atoms with van der Waals surface area (Å²) < 4.78 is 14.4. The molecule has 0 aliphatic heterocycles. The number of aryl methyl sites for hydroxylation is 2. The van der Waals surface area contributed by atoms with Gasteiger partial charge in [-0.1, -0.05) is 0 Å². The number of hydrogen-bond donors (Lipinski definition) is 1. The Labute approximate surface area is 134 Å². The van der Waals surface area contributed by atoms with Gasteiger partial charge in [-0.15, -0.1) is 0 Å². The molecule has 0 radical (unpaired) electrons. The summed E-state index contributed by atoms with van der Waals surface area (Å²) in [7, 11) is 1.61. The van der Waals surface area contributed by atoms with E-state index in [1.165, 1.54) is 0 Å². The van der Waals surface area contributed by atoms with Crippen molar-refractivity contribution >= 4 is 37.5 Å². The molecule has 2 aromatic rings. The summed E-state index contributed by atoms with van der Waals surface area (Å²) in [6, 6.07) is 3.65. The number of aromatic nitrogens is 2. The highest BCUT2D eigenvalue weighted by Gasteiger charge is 2.16. The first kappa shape index (κ1) is 15.2. The zero-order valence-electron chi connectivity index (χ0n) is 11.4. The minimum absolute atomic E-state index is 0.544. The molecule has 7 heteroatoms. The van der Waals surface area contributed by atoms with Crippen molar-refractivity contribution in [1.82, 2.24) is 9.78 Å². The summed E-state index contributed by atoms with van der Waals surface area (Å²) in [5.74, 6) is 1.90. The Morgan fingerprint density at radius 2 is 1.85 bits per heavy atom. The zero-order valence-corrected chi connectivity index (χ0v) is 14.6. The number of hydrogen-bond acceptors (Lipinski definition) is 4. The van der Waals surface area contributed by atoms with Crippen LogP contribution in [0.1, 0.15) is 12.6 Å². The van der Waals surface area contributed by atoms with Gasteiger partial charge >= 0.3 is 0 Å². The maximum atomic E-state index is 6.01. The number of nitrogens with two attached hydrogens (primary N) is 1. The van der Waals surface area contributed by atoms with Gasteiger partial charge in [0, 0.05) is 6.54 Å². The highest BCUT2D eigenvalue weighted by atomic mass is 79.9. The number of nitrogen functional groups attached to an aromatic ring is 1. The van der Waals surface area contributed by atoms with Gasteiger partial charge in [-0.25, -0.2) is 4.68 Å². The molecule has 0 aliphatic rings. The molecule has 5 nitrogen and oxygen atoms in total. The highest BCUT2D eigenvalue weighted by molar-refractivity contribution is 9.11. The SMILES string of the molecule is CCn1nc(C)c(N)c1Oc1cc(Br)c(OC)cc1Br. The molecular formula is C13H15Br2N3O2. The van der Waals surface area contributed by atoms with Crippen LogP contribution >= 0.6 is 31.9 Å². The second-order valence-electron chi connectivity index (χ2n) is 4.14. The molecule has 0 aliphatic carbocycles. The van der Waals surface area contributed by atoms with Crippen LogP contribution in [0, 0.1) is 6.92 Å². The van der Waals surface area contributed by atoms with Gasteiger partial charge in [-0.2, -0.15) is 5.10 Å². The summed E-state index contributed by atoms with van der Waals surface area (Å²) in [4.78, 5) is 0.